The van der Waals surface area contributed by atoms with Gasteiger partial charge in [-0.3, -0.25) is 4.79 Å². The van der Waals surface area contributed by atoms with E-state index in [1.165, 1.54) is 5.01 Å². The lowest BCUT2D eigenvalue weighted by molar-refractivity contribution is -0.124. The van der Waals surface area contributed by atoms with E-state index in [2.05, 4.69) is 23.7 Å². The van der Waals surface area contributed by atoms with Gasteiger partial charge in [0.25, 0.3) is 5.91 Å². The largest absolute Gasteiger partial charge is 0.371 e. The van der Waals surface area contributed by atoms with Crippen molar-refractivity contribution in [3.8, 4) is 0 Å². The minimum atomic E-state index is -0.256. The zero-order valence-electron chi connectivity index (χ0n) is 18.0. The van der Waals surface area contributed by atoms with E-state index in [-0.39, 0.29) is 12.5 Å². The van der Waals surface area contributed by atoms with Crippen molar-refractivity contribution in [2.75, 3.05) is 6.61 Å². The van der Waals surface area contributed by atoms with Gasteiger partial charge in [0.2, 0.25) is 0 Å². The summed E-state index contributed by atoms with van der Waals surface area (Å²) < 4.78 is 5.94. The second-order valence-electron chi connectivity index (χ2n) is 7.00. The first-order valence-electron chi connectivity index (χ1n) is 10.1. The molecule has 1 N–H and O–H groups in total. The number of carbonyl (C=O) groups is 1. The van der Waals surface area contributed by atoms with Crippen molar-refractivity contribution in [3.63, 3.8) is 0 Å². The van der Waals surface area contributed by atoms with Crippen LogP contribution in [0.5, 0.6) is 0 Å². The van der Waals surface area contributed by atoms with E-state index in [0.29, 0.717) is 23.7 Å². The van der Waals surface area contributed by atoms with Gasteiger partial charge in [-0.25, -0.2) is 0 Å². The van der Waals surface area contributed by atoms with Gasteiger partial charge < -0.3 is 10.1 Å². The monoisotopic (exact) mass is 413 g/mol. The number of nitrogens with one attached hydrogen (secondary N) is 1. The molecule has 1 amide bonds. The Morgan fingerprint density at radius 2 is 1.90 bits per heavy atom. The zero-order chi connectivity index (χ0) is 22.2. The molecular weight excluding hydrogens is 386 g/mol. The third-order valence-electron chi connectivity index (χ3n) is 4.89. The summed E-state index contributed by atoms with van der Waals surface area (Å²) in [6.45, 7) is 12.1. The van der Waals surface area contributed by atoms with Gasteiger partial charge in [0.15, 0.2) is 0 Å². The smallest absolute Gasteiger partial charge is 0.282 e. The Kier molecular flexibility index (Phi) is 7.35. The molecule has 0 aliphatic carbocycles. The molecule has 0 aromatic heterocycles. The molecule has 0 fully saturated rings. The van der Waals surface area contributed by atoms with E-state index >= 15 is 0 Å². The lowest BCUT2D eigenvalue weighted by atomic mass is 9.99. The van der Waals surface area contributed by atoms with Crippen molar-refractivity contribution in [2.45, 2.75) is 20.5 Å². The van der Waals surface area contributed by atoms with Crippen LogP contribution in [-0.2, 0) is 16.1 Å². The lowest BCUT2D eigenvalue weighted by Gasteiger charge is -2.30. The van der Waals surface area contributed by atoms with Crippen molar-refractivity contribution < 1.29 is 9.53 Å². The minimum absolute atomic E-state index is 0.248. The fourth-order valence-corrected chi connectivity index (χ4v) is 3.31. The number of ether oxygens (including phenoxy) is 1. The topological polar surface area (TPSA) is 53.9 Å². The molecule has 5 nitrogen and oxygen atoms in total. The standard InChI is InChI=1S/C26H27N3O2/c1-5-7-13-21-16-22(15-14-19(21)3)25-23(18-31-17-20-11-9-8-10-12-20)28-24(6-2)29(27-4)26(25)30/h5-16,28H,3-4,17-18H2,1-2H3/b7-5-,21-13-,24-6-. The van der Waals surface area contributed by atoms with Crippen molar-refractivity contribution in [2.24, 2.45) is 5.10 Å². The first kappa shape index (κ1) is 22.0. The average Bonchev–Trinajstić information content (AvgIpc) is 2.79. The van der Waals surface area contributed by atoms with Crippen LogP contribution in [0.3, 0.4) is 0 Å². The summed E-state index contributed by atoms with van der Waals surface area (Å²) in [6, 6.07) is 15.7. The molecule has 31 heavy (non-hydrogen) atoms. The molecule has 0 saturated carbocycles. The maximum Gasteiger partial charge on any atom is 0.282 e. The van der Waals surface area contributed by atoms with Crippen molar-refractivity contribution in [1.82, 2.24) is 10.3 Å². The molecule has 2 aromatic carbocycles. The predicted octanol–water partition coefficient (Wildman–Crippen LogP) is 3.29. The number of hydrazone groups is 1. The van der Waals surface area contributed by atoms with Gasteiger partial charge in [-0.1, -0.05) is 67.3 Å². The van der Waals surface area contributed by atoms with E-state index in [4.69, 9.17) is 4.74 Å². The van der Waals surface area contributed by atoms with Crippen molar-refractivity contribution in [3.05, 3.63) is 99.8 Å². The molecule has 0 saturated heterocycles. The second kappa shape index (κ2) is 10.4. The first-order valence-corrected chi connectivity index (χ1v) is 10.1. The van der Waals surface area contributed by atoms with Gasteiger partial charge in [-0.15, -0.1) is 0 Å². The van der Waals surface area contributed by atoms with Crippen LogP contribution in [0, 0.1) is 0 Å². The molecule has 1 aliphatic heterocycles. The van der Waals surface area contributed by atoms with E-state index in [9.17, 15) is 4.79 Å². The number of hydrogen-bond acceptors (Lipinski definition) is 4. The molecule has 3 rings (SSSR count). The maximum absolute atomic E-state index is 13.3. The van der Waals surface area contributed by atoms with Gasteiger partial charge in [0.05, 0.1) is 24.5 Å². The van der Waals surface area contributed by atoms with Crippen LogP contribution >= 0.6 is 0 Å². The highest BCUT2D eigenvalue weighted by atomic mass is 16.5. The van der Waals surface area contributed by atoms with Gasteiger partial charge in [0, 0.05) is 6.72 Å². The SMILES string of the molecule is C=NN1C(=O)C(c2ccc(=C)/c(=C\C=C/C)c2)=C(COCc2ccccc2)N/C1=C/C. The van der Waals surface area contributed by atoms with Crippen molar-refractivity contribution >= 4 is 30.9 Å². The Hall–Kier alpha value is -3.70. The van der Waals surface area contributed by atoms with E-state index in [1.54, 1.807) is 6.08 Å². The second-order valence-corrected chi connectivity index (χ2v) is 7.00. The summed E-state index contributed by atoms with van der Waals surface area (Å²) in [5.74, 6) is 0.297. The zero-order valence-corrected chi connectivity index (χ0v) is 18.0. The average molecular weight is 414 g/mol. The highest BCUT2D eigenvalue weighted by molar-refractivity contribution is 6.21. The minimum Gasteiger partial charge on any atom is -0.371 e. The maximum atomic E-state index is 13.3. The molecule has 1 heterocycles. The Labute approximate surface area is 183 Å². The number of nitrogens with zero attached hydrogens (tertiary/aromatic N) is 2. The Morgan fingerprint density at radius 1 is 1.13 bits per heavy atom. The molecule has 1 aliphatic rings. The Bertz CT molecular complexity index is 1160. The fraction of sp³-hybridized carbons (Fsp3) is 0.154. The molecule has 0 bridgehead atoms. The van der Waals surface area contributed by atoms with Gasteiger partial charge in [-0.05, 0) is 47.6 Å². The van der Waals surface area contributed by atoms with Gasteiger partial charge in [-0.2, -0.15) is 10.1 Å². The third kappa shape index (κ3) is 5.08. The number of benzene rings is 2. The summed E-state index contributed by atoms with van der Waals surface area (Å²) in [7, 11) is 0. The fourth-order valence-electron chi connectivity index (χ4n) is 3.31. The van der Waals surface area contributed by atoms with Crippen LogP contribution in [0.2, 0.25) is 0 Å². The summed E-state index contributed by atoms with van der Waals surface area (Å²) in [4.78, 5) is 13.3. The van der Waals surface area contributed by atoms with Gasteiger partial charge >= 0.3 is 0 Å². The number of carbonyl (C=O) groups excluding carboxylic acids is 1. The number of hydrogen-bond donors (Lipinski definition) is 1. The van der Waals surface area contributed by atoms with Crippen LogP contribution in [0.1, 0.15) is 25.0 Å². The predicted molar refractivity (Wildman–Crippen MR) is 127 cm³/mol. The number of allylic oxidation sites excluding steroid dienone is 3. The Balaban J connectivity index is 2.04. The van der Waals surface area contributed by atoms with Crippen LogP contribution in [0.15, 0.2) is 83.4 Å². The van der Waals surface area contributed by atoms with Crippen LogP contribution in [0.25, 0.3) is 18.2 Å². The van der Waals surface area contributed by atoms with Gasteiger partial charge in [0.1, 0.15) is 5.82 Å². The van der Waals surface area contributed by atoms with Crippen LogP contribution in [-0.4, -0.2) is 24.2 Å². The highest BCUT2D eigenvalue weighted by Crippen LogP contribution is 2.26. The molecule has 158 valence electrons. The number of rotatable bonds is 7. The highest BCUT2D eigenvalue weighted by Gasteiger charge is 2.31. The molecule has 5 heteroatoms. The lowest BCUT2D eigenvalue weighted by Crippen LogP contribution is -2.40. The Morgan fingerprint density at radius 3 is 2.58 bits per heavy atom. The van der Waals surface area contributed by atoms with E-state index in [1.807, 2.05) is 80.6 Å². The third-order valence-corrected chi connectivity index (χ3v) is 4.89. The first-order chi connectivity index (χ1) is 15.1. The molecule has 0 radical (unpaired) electrons. The molecule has 2 aromatic rings. The van der Waals surface area contributed by atoms with E-state index < -0.39 is 0 Å². The summed E-state index contributed by atoms with van der Waals surface area (Å²) in [6.07, 6.45) is 7.65. The van der Waals surface area contributed by atoms with Crippen LogP contribution in [0.4, 0.5) is 0 Å². The molecule has 0 unspecified atom stereocenters. The molecular formula is C26H27N3O2. The summed E-state index contributed by atoms with van der Waals surface area (Å²) >= 11 is 0. The molecule has 0 spiro atoms. The number of amides is 1. The van der Waals surface area contributed by atoms with Crippen molar-refractivity contribution in [1.29, 1.82) is 0 Å². The summed E-state index contributed by atoms with van der Waals surface area (Å²) in [5, 5.41) is 10.3. The molecule has 0 atom stereocenters. The quantitative estimate of drug-likeness (QED) is 0.709. The van der Waals surface area contributed by atoms with Crippen LogP contribution < -0.4 is 15.8 Å². The van der Waals surface area contributed by atoms with E-state index in [0.717, 1.165) is 21.6 Å². The normalized spacial score (nSPS) is 16.3. The summed E-state index contributed by atoms with van der Waals surface area (Å²) in [5.41, 5.74) is 3.02.